The maximum atomic E-state index is 9.45. The van der Waals surface area contributed by atoms with Gasteiger partial charge in [0.15, 0.2) is 0 Å². The standard InChI is InChI=1S/C39H21N5/c1-42-33-21-26(24-41)15-20-36(33)44-35-11-5-3-8-32(35)39-29(9-6-12-37(39)44)27-16-19-31-30-7-2-4-10-34(30)43(38(31)22-27)28-17-13-25(23-40)14-18-28/h2-22H. The van der Waals surface area contributed by atoms with Crippen molar-refractivity contribution < 1.29 is 0 Å². The summed E-state index contributed by atoms with van der Waals surface area (Å²) in [5.74, 6) is 0. The molecule has 0 amide bonds. The Morgan fingerprint density at radius 3 is 1.95 bits per heavy atom. The largest absolute Gasteiger partial charge is 0.319 e. The summed E-state index contributed by atoms with van der Waals surface area (Å²) in [5, 5.41) is 23.3. The second kappa shape index (κ2) is 9.74. The van der Waals surface area contributed by atoms with Gasteiger partial charge < -0.3 is 9.13 Å². The molecule has 2 heterocycles. The zero-order chi connectivity index (χ0) is 29.8. The molecule has 0 atom stereocenters. The van der Waals surface area contributed by atoms with Crippen LogP contribution >= 0.6 is 0 Å². The van der Waals surface area contributed by atoms with E-state index >= 15 is 0 Å². The molecule has 6 aromatic carbocycles. The van der Waals surface area contributed by atoms with Crippen LogP contribution in [0.1, 0.15) is 11.1 Å². The molecule has 8 aromatic rings. The van der Waals surface area contributed by atoms with Crippen molar-refractivity contribution in [3.8, 4) is 34.6 Å². The summed E-state index contributed by atoms with van der Waals surface area (Å²) in [6.07, 6.45) is 0. The predicted molar refractivity (Wildman–Crippen MR) is 176 cm³/mol. The number of hydrogen-bond acceptors (Lipinski definition) is 2. The monoisotopic (exact) mass is 559 g/mol. The van der Waals surface area contributed by atoms with E-state index in [1.807, 2.05) is 42.5 Å². The highest BCUT2D eigenvalue weighted by atomic mass is 15.0. The van der Waals surface area contributed by atoms with Gasteiger partial charge in [-0.1, -0.05) is 60.7 Å². The van der Waals surface area contributed by atoms with E-state index in [4.69, 9.17) is 6.57 Å². The van der Waals surface area contributed by atoms with Crippen LogP contribution in [0.3, 0.4) is 0 Å². The van der Waals surface area contributed by atoms with Crippen LogP contribution in [0.2, 0.25) is 0 Å². The maximum absolute atomic E-state index is 9.45. The van der Waals surface area contributed by atoms with Gasteiger partial charge in [0.2, 0.25) is 5.69 Å². The first-order valence-corrected chi connectivity index (χ1v) is 14.2. The summed E-state index contributed by atoms with van der Waals surface area (Å²) in [6, 6.07) is 47.0. The van der Waals surface area contributed by atoms with Crippen molar-refractivity contribution in [2.24, 2.45) is 0 Å². The average molecular weight is 560 g/mol. The fourth-order valence-corrected chi connectivity index (χ4v) is 6.49. The van der Waals surface area contributed by atoms with Crippen LogP contribution in [0, 0.1) is 29.2 Å². The molecule has 0 N–H and O–H groups in total. The fraction of sp³-hybridized carbons (Fsp3) is 0. The first-order valence-electron chi connectivity index (χ1n) is 14.2. The van der Waals surface area contributed by atoms with E-state index in [0.717, 1.165) is 60.7 Å². The molecule has 0 unspecified atom stereocenters. The van der Waals surface area contributed by atoms with Crippen LogP contribution in [0.25, 0.3) is 71.0 Å². The quantitative estimate of drug-likeness (QED) is 0.202. The Hall–Kier alpha value is -6.61. The molecule has 0 saturated carbocycles. The number of benzene rings is 6. The van der Waals surface area contributed by atoms with E-state index in [0.29, 0.717) is 16.8 Å². The Bertz CT molecular complexity index is 2580. The molecule has 0 aliphatic heterocycles. The predicted octanol–water partition coefficient (Wildman–Crippen LogP) is 9.84. The van der Waals surface area contributed by atoms with Crippen molar-refractivity contribution in [1.82, 2.24) is 9.13 Å². The first-order chi connectivity index (χ1) is 21.7. The smallest absolute Gasteiger partial charge is 0.211 e. The summed E-state index contributed by atoms with van der Waals surface area (Å²) in [7, 11) is 0. The van der Waals surface area contributed by atoms with Gasteiger partial charge in [0.05, 0.1) is 52.0 Å². The Morgan fingerprint density at radius 1 is 0.545 bits per heavy atom. The third kappa shape index (κ3) is 3.63. The molecular weight excluding hydrogens is 538 g/mol. The average Bonchev–Trinajstić information content (AvgIpc) is 3.60. The zero-order valence-corrected chi connectivity index (χ0v) is 23.4. The van der Waals surface area contributed by atoms with Gasteiger partial charge in [-0.2, -0.15) is 10.5 Å². The lowest BCUT2D eigenvalue weighted by atomic mass is 9.98. The number of hydrogen-bond donors (Lipinski definition) is 0. The van der Waals surface area contributed by atoms with Crippen molar-refractivity contribution in [3.05, 3.63) is 150 Å². The lowest BCUT2D eigenvalue weighted by molar-refractivity contribution is 1.18. The van der Waals surface area contributed by atoms with Gasteiger partial charge in [0.1, 0.15) is 0 Å². The Labute approximate surface area is 253 Å². The molecule has 8 rings (SSSR count). The molecule has 202 valence electrons. The highest BCUT2D eigenvalue weighted by Gasteiger charge is 2.19. The third-order valence-corrected chi connectivity index (χ3v) is 8.40. The minimum Gasteiger partial charge on any atom is -0.319 e. The molecular formula is C39H21N5. The van der Waals surface area contributed by atoms with Crippen LogP contribution in [0.4, 0.5) is 5.69 Å². The first kappa shape index (κ1) is 25.1. The van der Waals surface area contributed by atoms with E-state index in [-0.39, 0.29) is 0 Å². The van der Waals surface area contributed by atoms with Gasteiger partial charge in [-0.05, 0) is 77.9 Å². The zero-order valence-electron chi connectivity index (χ0n) is 23.4. The van der Waals surface area contributed by atoms with Gasteiger partial charge >= 0.3 is 0 Å². The molecule has 0 saturated heterocycles. The minimum absolute atomic E-state index is 0.436. The number of aromatic nitrogens is 2. The van der Waals surface area contributed by atoms with Gasteiger partial charge in [-0.15, -0.1) is 0 Å². The van der Waals surface area contributed by atoms with E-state index in [2.05, 4.69) is 98.9 Å². The highest BCUT2D eigenvalue weighted by molar-refractivity contribution is 6.17. The van der Waals surface area contributed by atoms with Gasteiger partial charge in [0.25, 0.3) is 0 Å². The number of nitriles is 2. The molecule has 0 spiro atoms. The third-order valence-electron chi connectivity index (χ3n) is 8.40. The summed E-state index contributed by atoms with van der Waals surface area (Å²) in [6.45, 7) is 7.87. The molecule has 0 radical (unpaired) electrons. The van der Waals surface area contributed by atoms with Crippen LogP contribution in [-0.4, -0.2) is 9.13 Å². The maximum Gasteiger partial charge on any atom is 0.211 e. The number of nitrogens with zero attached hydrogens (tertiary/aromatic N) is 5. The number of fused-ring (bicyclic) bond motifs is 6. The minimum atomic E-state index is 0.436. The second-order valence-electron chi connectivity index (χ2n) is 10.7. The topological polar surface area (TPSA) is 61.8 Å². The molecule has 0 bridgehead atoms. The lowest BCUT2D eigenvalue weighted by Crippen LogP contribution is -1.95. The fourth-order valence-electron chi connectivity index (χ4n) is 6.49. The SMILES string of the molecule is [C-]#[N+]c1cc(C#N)ccc1-n1c2ccccc2c2c(-c3ccc4c5ccccc5n(-c5ccc(C#N)cc5)c4c3)cccc21. The molecule has 0 aliphatic rings. The molecule has 5 nitrogen and oxygen atoms in total. The highest BCUT2D eigenvalue weighted by Crippen LogP contribution is 2.42. The van der Waals surface area contributed by atoms with Gasteiger partial charge in [-0.25, -0.2) is 4.85 Å². The Morgan fingerprint density at radius 2 is 1.20 bits per heavy atom. The van der Waals surface area contributed by atoms with Crippen LogP contribution in [0.15, 0.2) is 127 Å². The van der Waals surface area contributed by atoms with E-state index in [1.165, 1.54) is 5.39 Å². The van der Waals surface area contributed by atoms with E-state index < -0.39 is 0 Å². The van der Waals surface area contributed by atoms with Crippen molar-refractivity contribution >= 4 is 49.3 Å². The van der Waals surface area contributed by atoms with E-state index in [1.54, 1.807) is 12.1 Å². The summed E-state index contributed by atoms with van der Waals surface area (Å²) in [4.78, 5) is 3.79. The molecule has 0 fully saturated rings. The van der Waals surface area contributed by atoms with Gasteiger partial charge in [0, 0.05) is 32.8 Å². The molecule has 0 aliphatic carbocycles. The normalized spacial score (nSPS) is 11.1. The molecule has 2 aromatic heterocycles. The lowest BCUT2D eigenvalue weighted by Gasteiger charge is -2.12. The second-order valence-corrected chi connectivity index (χ2v) is 10.7. The van der Waals surface area contributed by atoms with Gasteiger partial charge in [-0.3, -0.25) is 0 Å². The van der Waals surface area contributed by atoms with Crippen LogP contribution < -0.4 is 0 Å². The van der Waals surface area contributed by atoms with Crippen molar-refractivity contribution in [3.63, 3.8) is 0 Å². The summed E-state index contributed by atoms with van der Waals surface area (Å²) in [5.41, 5.74) is 9.61. The molecule has 44 heavy (non-hydrogen) atoms. The Kier molecular flexibility index (Phi) is 5.56. The summed E-state index contributed by atoms with van der Waals surface area (Å²) >= 11 is 0. The van der Waals surface area contributed by atoms with E-state index in [9.17, 15) is 10.5 Å². The van der Waals surface area contributed by atoms with Crippen LogP contribution in [0.5, 0.6) is 0 Å². The van der Waals surface area contributed by atoms with Crippen molar-refractivity contribution in [2.75, 3.05) is 0 Å². The number of rotatable bonds is 3. The van der Waals surface area contributed by atoms with Crippen molar-refractivity contribution in [1.29, 1.82) is 10.5 Å². The van der Waals surface area contributed by atoms with Crippen molar-refractivity contribution in [2.45, 2.75) is 0 Å². The number of para-hydroxylation sites is 2. The Balaban J connectivity index is 1.43. The van der Waals surface area contributed by atoms with Crippen LogP contribution in [-0.2, 0) is 0 Å². The summed E-state index contributed by atoms with van der Waals surface area (Å²) < 4.78 is 4.40. The molecule has 5 heteroatoms.